The first-order chi connectivity index (χ1) is 19.4. The van der Waals surface area contributed by atoms with E-state index in [2.05, 4.69) is 25.6 Å². The molecule has 1 unspecified atom stereocenters. The topological polar surface area (TPSA) is 136 Å². The molecule has 1 atom stereocenters. The van der Waals surface area contributed by atoms with Crippen molar-refractivity contribution in [2.45, 2.75) is 11.4 Å². The zero-order valence-electron chi connectivity index (χ0n) is 21.3. The monoisotopic (exact) mass is 549 g/mol. The van der Waals surface area contributed by atoms with E-state index in [0.29, 0.717) is 16.6 Å². The van der Waals surface area contributed by atoms with Gasteiger partial charge in [-0.15, -0.1) is 0 Å². The van der Waals surface area contributed by atoms with Crippen molar-refractivity contribution >= 4 is 50.7 Å². The van der Waals surface area contributed by atoms with Gasteiger partial charge in [0, 0.05) is 23.7 Å². The van der Waals surface area contributed by atoms with Crippen LogP contribution in [0.3, 0.4) is 0 Å². The molecule has 9 nitrogen and oxygen atoms in total. The zero-order chi connectivity index (χ0) is 27.6. The fourth-order valence-corrected chi connectivity index (χ4v) is 4.92. The Kier molecular flexibility index (Phi) is 6.77. The maximum atomic E-state index is 13.4. The molecule has 2 amide bonds. The Bertz CT molecular complexity index is 1850. The number of aromatic amines is 1. The summed E-state index contributed by atoms with van der Waals surface area (Å²) in [6.45, 7) is 0.272. The molecule has 6 rings (SSSR count). The molecule has 0 aliphatic rings. The van der Waals surface area contributed by atoms with Crippen LogP contribution in [0, 0.1) is 0 Å². The van der Waals surface area contributed by atoms with Gasteiger partial charge in [0.25, 0.3) is 11.8 Å². The molecule has 6 aromatic rings. The molecular weight excluding hydrogens is 526 g/mol. The van der Waals surface area contributed by atoms with Crippen molar-refractivity contribution in [3.63, 3.8) is 0 Å². The lowest BCUT2D eigenvalue weighted by atomic mass is 10.0. The Labute approximate surface area is 231 Å². The highest BCUT2D eigenvalue weighted by molar-refractivity contribution is 7.90. The second kappa shape index (κ2) is 10.7. The molecule has 0 fully saturated rings. The highest BCUT2D eigenvalue weighted by Crippen LogP contribution is 2.28. The number of benzene rings is 3. The molecule has 198 valence electrons. The molecule has 3 N–H and O–H groups in total. The van der Waals surface area contributed by atoms with Gasteiger partial charge in [-0.1, -0.05) is 36.4 Å². The number of rotatable bonds is 7. The third-order valence-corrected chi connectivity index (χ3v) is 7.43. The van der Waals surface area contributed by atoms with Crippen LogP contribution in [-0.2, 0) is 17.7 Å². The van der Waals surface area contributed by atoms with Gasteiger partial charge >= 0.3 is 0 Å². The van der Waals surface area contributed by atoms with Gasteiger partial charge < -0.3 is 19.3 Å². The maximum absolute atomic E-state index is 13.4. The Morgan fingerprint density at radius 2 is 1.77 bits per heavy atom. The fraction of sp³-hybridized carbons (Fsp3) is 0.0667. The minimum atomic E-state index is -1.07. The summed E-state index contributed by atoms with van der Waals surface area (Å²) in [7, 11) is 0. The predicted molar refractivity (Wildman–Crippen MR) is 153 cm³/mol. The van der Waals surface area contributed by atoms with Gasteiger partial charge in [0.15, 0.2) is 4.90 Å². The highest BCUT2D eigenvalue weighted by Gasteiger charge is 2.19. The van der Waals surface area contributed by atoms with Gasteiger partial charge in [-0.25, -0.2) is 4.98 Å². The smallest absolute Gasteiger partial charge is 0.276 e. The van der Waals surface area contributed by atoms with E-state index in [0.717, 1.165) is 32.4 Å². The Balaban J connectivity index is 1.29. The van der Waals surface area contributed by atoms with Gasteiger partial charge in [0.2, 0.25) is 5.95 Å². The van der Waals surface area contributed by atoms with Crippen LogP contribution in [0.5, 0.6) is 0 Å². The summed E-state index contributed by atoms with van der Waals surface area (Å²) in [5, 5.41) is 7.52. The molecule has 40 heavy (non-hydrogen) atoms. The highest BCUT2D eigenvalue weighted by atomic mass is 32.2. The fourth-order valence-electron chi connectivity index (χ4n) is 4.40. The Morgan fingerprint density at radius 3 is 2.52 bits per heavy atom. The number of fused-ring (bicyclic) bond motifs is 2. The SMILES string of the molecule is C[S+]([O-])c1ccc(CNC(=O)c2cc(-c3ccoc3)cc3[nH]c(NC(=O)c4cc5ccccc5cn4)nc23)cc1. The summed E-state index contributed by atoms with van der Waals surface area (Å²) >= 11 is -1.07. The number of anilines is 1. The largest absolute Gasteiger partial charge is 0.612 e. The second-order valence-electron chi connectivity index (χ2n) is 9.17. The molecule has 0 radical (unpaired) electrons. The maximum Gasteiger partial charge on any atom is 0.276 e. The van der Waals surface area contributed by atoms with Gasteiger partial charge in [0.05, 0.1) is 23.6 Å². The number of H-pyrrole nitrogens is 1. The van der Waals surface area contributed by atoms with Gasteiger partial charge in [-0.05, 0) is 64.1 Å². The average molecular weight is 550 g/mol. The number of carbonyl (C=O) groups is 2. The van der Waals surface area contributed by atoms with E-state index in [1.165, 1.54) is 0 Å². The van der Waals surface area contributed by atoms with Crippen molar-refractivity contribution in [1.82, 2.24) is 20.3 Å². The number of carbonyl (C=O) groups excluding carboxylic acids is 2. The second-order valence-corrected chi connectivity index (χ2v) is 10.5. The molecular formula is C30H23N5O4S. The average Bonchev–Trinajstić information content (AvgIpc) is 3.65. The standard InChI is InChI=1S/C30H23N5O4S/c1-40(38)23-8-6-18(7-9-23)15-32-28(36)24-12-22(21-10-11-39-17-21)14-25-27(24)34-30(33-25)35-29(37)26-13-19-4-2-3-5-20(19)16-31-26/h2-14,16-17H,15H2,1H3,(H,32,36)(H2,33,34,35,37). The molecule has 3 aromatic heterocycles. The number of pyridine rings is 1. The van der Waals surface area contributed by atoms with E-state index in [1.54, 1.807) is 55.3 Å². The third-order valence-electron chi connectivity index (χ3n) is 6.49. The molecule has 0 saturated heterocycles. The summed E-state index contributed by atoms with van der Waals surface area (Å²) in [6.07, 6.45) is 6.42. The van der Waals surface area contributed by atoms with Gasteiger partial charge in [-0.2, -0.15) is 0 Å². The van der Waals surface area contributed by atoms with Crippen molar-refractivity contribution in [2.24, 2.45) is 0 Å². The van der Waals surface area contributed by atoms with Crippen LogP contribution in [0.15, 0.2) is 101 Å². The van der Waals surface area contributed by atoms with E-state index in [9.17, 15) is 14.1 Å². The van der Waals surface area contributed by atoms with Crippen molar-refractivity contribution in [3.05, 3.63) is 108 Å². The van der Waals surface area contributed by atoms with Crippen LogP contribution < -0.4 is 10.6 Å². The minimum Gasteiger partial charge on any atom is -0.612 e. The molecule has 0 spiro atoms. The number of nitrogens with zero attached hydrogens (tertiary/aromatic N) is 2. The molecule has 0 aliphatic carbocycles. The summed E-state index contributed by atoms with van der Waals surface area (Å²) in [5.41, 5.74) is 3.96. The van der Waals surface area contributed by atoms with E-state index in [4.69, 9.17) is 4.42 Å². The molecule has 0 bridgehead atoms. The van der Waals surface area contributed by atoms with E-state index in [-0.39, 0.29) is 24.1 Å². The van der Waals surface area contributed by atoms with Crippen LogP contribution >= 0.6 is 0 Å². The van der Waals surface area contributed by atoms with E-state index in [1.807, 2.05) is 42.5 Å². The van der Waals surface area contributed by atoms with Crippen molar-refractivity contribution in [3.8, 4) is 11.1 Å². The van der Waals surface area contributed by atoms with Crippen LogP contribution in [-0.4, -0.2) is 37.6 Å². The molecule has 3 heterocycles. The van der Waals surface area contributed by atoms with Crippen LogP contribution in [0.2, 0.25) is 0 Å². The van der Waals surface area contributed by atoms with Crippen LogP contribution in [0.4, 0.5) is 5.95 Å². The Hall–Kier alpha value is -4.93. The van der Waals surface area contributed by atoms with Crippen LogP contribution in [0.25, 0.3) is 32.9 Å². The number of amides is 2. The molecule has 0 aliphatic heterocycles. The summed E-state index contributed by atoms with van der Waals surface area (Å²) in [4.78, 5) is 39.0. The minimum absolute atomic E-state index is 0.191. The first-order valence-corrected chi connectivity index (χ1v) is 13.9. The van der Waals surface area contributed by atoms with Crippen molar-refractivity contribution in [1.29, 1.82) is 0 Å². The molecule has 3 aromatic carbocycles. The number of aromatic nitrogens is 3. The predicted octanol–water partition coefficient (Wildman–Crippen LogP) is 5.29. The van der Waals surface area contributed by atoms with E-state index >= 15 is 0 Å². The number of furan rings is 1. The first kappa shape index (κ1) is 25.4. The number of hydrogen-bond acceptors (Lipinski definition) is 6. The zero-order valence-corrected chi connectivity index (χ0v) is 22.1. The summed E-state index contributed by atoms with van der Waals surface area (Å²) in [6, 6.07) is 22.0. The number of hydrogen-bond donors (Lipinski definition) is 3. The lowest BCUT2D eigenvalue weighted by Gasteiger charge is -2.09. The van der Waals surface area contributed by atoms with Gasteiger partial charge in [-0.3, -0.25) is 19.9 Å². The normalized spacial score (nSPS) is 11.9. The number of imidazole rings is 1. The lowest BCUT2D eigenvalue weighted by molar-refractivity contribution is 0.0951. The number of nitrogens with one attached hydrogen (secondary N) is 3. The summed E-state index contributed by atoms with van der Waals surface area (Å²) < 4.78 is 16.9. The van der Waals surface area contributed by atoms with Crippen molar-refractivity contribution in [2.75, 3.05) is 11.6 Å². The van der Waals surface area contributed by atoms with Gasteiger partial charge in [0.1, 0.15) is 17.5 Å². The third kappa shape index (κ3) is 5.18. The molecule has 10 heteroatoms. The molecule has 0 saturated carbocycles. The Morgan fingerprint density at radius 1 is 0.975 bits per heavy atom. The van der Waals surface area contributed by atoms with E-state index < -0.39 is 17.1 Å². The first-order valence-electron chi connectivity index (χ1n) is 12.4. The quantitative estimate of drug-likeness (QED) is 0.232. The van der Waals surface area contributed by atoms with Crippen molar-refractivity contribution < 1.29 is 18.6 Å². The lowest BCUT2D eigenvalue weighted by Crippen LogP contribution is -2.23. The van der Waals surface area contributed by atoms with Crippen LogP contribution in [0.1, 0.15) is 26.4 Å². The summed E-state index contributed by atoms with van der Waals surface area (Å²) in [5.74, 6) is -0.571.